The molecule has 0 saturated heterocycles. The number of benzene rings is 1. The molecule has 2 fully saturated rings. The Bertz CT molecular complexity index is 664. The third-order valence-corrected chi connectivity index (χ3v) is 5.37. The van der Waals surface area contributed by atoms with Gasteiger partial charge in [-0.15, -0.1) is 0 Å². The quantitative estimate of drug-likeness (QED) is 0.865. The molecule has 5 nitrogen and oxygen atoms in total. The largest absolute Gasteiger partial charge is 0.349 e. The minimum atomic E-state index is -3.81. The lowest BCUT2D eigenvalue weighted by molar-refractivity contribution is 0.0926. The fourth-order valence-electron chi connectivity index (χ4n) is 2.81. The van der Waals surface area contributed by atoms with Crippen molar-refractivity contribution in [2.45, 2.75) is 43.5 Å². The summed E-state index contributed by atoms with van der Waals surface area (Å²) in [6.45, 7) is 1.67. The molecule has 1 aromatic carbocycles. The number of nitrogens with two attached hydrogens (primary N) is 1. The third-order valence-electron chi connectivity index (χ3n) is 4.31. The molecule has 0 unspecified atom stereocenters. The number of primary sulfonamides is 1. The molecule has 0 atom stereocenters. The molecule has 0 radical (unpaired) electrons. The number of nitrogens with one attached hydrogen (secondary N) is 1. The molecular formula is C15H20N2O3S. The standard InChI is InChI=1S/C15H20N2O3S/c1-9-2-3-12(8-13(9)21(16,19)20)15(18)17-14(10-4-5-10)11-6-7-11/h2-3,8,10-11,14H,4-7H2,1H3,(H,17,18)(H2,16,19,20). The summed E-state index contributed by atoms with van der Waals surface area (Å²) in [6, 6.07) is 4.89. The fraction of sp³-hybridized carbons (Fsp3) is 0.533. The number of hydrogen-bond donors (Lipinski definition) is 2. The zero-order chi connectivity index (χ0) is 15.2. The van der Waals surface area contributed by atoms with Crippen LogP contribution in [0.5, 0.6) is 0 Å². The Morgan fingerprint density at radius 3 is 2.29 bits per heavy atom. The van der Waals surface area contributed by atoms with Gasteiger partial charge in [0.15, 0.2) is 0 Å². The number of aryl methyl sites for hydroxylation is 1. The fourth-order valence-corrected chi connectivity index (χ4v) is 3.62. The van der Waals surface area contributed by atoms with Crippen LogP contribution >= 0.6 is 0 Å². The van der Waals surface area contributed by atoms with Crippen LogP contribution in [0.15, 0.2) is 23.1 Å². The van der Waals surface area contributed by atoms with Crippen molar-refractivity contribution < 1.29 is 13.2 Å². The van der Waals surface area contributed by atoms with Gasteiger partial charge in [-0.05, 0) is 62.1 Å². The van der Waals surface area contributed by atoms with Crippen molar-refractivity contribution in [1.82, 2.24) is 5.32 Å². The second-order valence-electron chi connectivity index (χ2n) is 6.20. The molecule has 1 amide bonds. The van der Waals surface area contributed by atoms with Crippen LogP contribution in [0.25, 0.3) is 0 Å². The first-order valence-corrected chi connectivity index (χ1v) is 8.85. The molecule has 2 aliphatic rings. The van der Waals surface area contributed by atoms with Gasteiger partial charge in [0.25, 0.3) is 5.91 Å². The summed E-state index contributed by atoms with van der Waals surface area (Å²) in [6.07, 6.45) is 4.71. The van der Waals surface area contributed by atoms with Crippen LogP contribution in [0.4, 0.5) is 0 Å². The molecule has 2 saturated carbocycles. The highest BCUT2D eigenvalue weighted by atomic mass is 32.2. The van der Waals surface area contributed by atoms with E-state index in [1.54, 1.807) is 19.1 Å². The third kappa shape index (κ3) is 3.27. The Balaban J connectivity index is 1.81. The first-order chi connectivity index (χ1) is 9.86. The highest BCUT2D eigenvalue weighted by Crippen LogP contribution is 2.44. The van der Waals surface area contributed by atoms with E-state index in [2.05, 4.69) is 5.32 Å². The molecule has 3 N–H and O–H groups in total. The lowest BCUT2D eigenvalue weighted by Gasteiger charge is -2.18. The number of amides is 1. The second-order valence-corrected chi connectivity index (χ2v) is 7.73. The Morgan fingerprint density at radius 2 is 1.81 bits per heavy atom. The molecule has 0 heterocycles. The van der Waals surface area contributed by atoms with Crippen molar-refractivity contribution in [3.05, 3.63) is 29.3 Å². The number of carbonyl (C=O) groups excluding carboxylic acids is 1. The van der Waals surface area contributed by atoms with E-state index in [-0.39, 0.29) is 16.8 Å². The molecule has 114 valence electrons. The molecule has 1 aromatic rings. The van der Waals surface area contributed by atoms with Crippen molar-refractivity contribution in [1.29, 1.82) is 0 Å². The Morgan fingerprint density at radius 1 is 1.24 bits per heavy atom. The van der Waals surface area contributed by atoms with Gasteiger partial charge in [0.05, 0.1) is 4.90 Å². The summed E-state index contributed by atoms with van der Waals surface area (Å²) in [4.78, 5) is 12.4. The summed E-state index contributed by atoms with van der Waals surface area (Å²) >= 11 is 0. The molecule has 6 heteroatoms. The minimum Gasteiger partial charge on any atom is -0.349 e. The van der Waals surface area contributed by atoms with E-state index in [4.69, 9.17) is 5.14 Å². The lowest BCUT2D eigenvalue weighted by atomic mass is 10.1. The van der Waals surface area contributed by atoms with E-state index in [9.17, 15) is 13.2 Å². The topological polar surface area (TPSA) is 89.3 Å². The van der Waals surface area contributed by atoms with Gasteiger partial charge in [-0.3, -0.25) is 4.79 Å². The maximum atomic E-state index is 12.4. The molecule has 21 heavy (non-hydrogen) atoms. The number of hydrogen-bond acceptors (Lipinski definition) is 3. The number of sulfonamides is 1. The summed E-state index contributed by atoms with van der Waals surface area (Å²) in [5.74, 6) is 0.998. The average molecular weight is 308 g/mol. The summed E-state index contributed by atoms with van der Waals surface area (Å²) in [7, 11) is -3.81. The SMILES string of the molecule is Cc1ccc(C(=O)NC(C2CC2)C2CC2)cc1S(N)(=O)=O. The van der Waals surface area contributed by atoms with Crippen LogP contribution in [0.3, 0.4) is 0 Å². The normalized spacial score (nSPS) is 18.8. The van der Waals surface area contributed by atoms with Gasteiger partial charge in [-0.25, -0.2) is 13.6 Å². The van der Waals surface area contributed by atoms with Gasteiger partial charge in [0.2, 0.25) is 10.0 Å². The van der Waals surface area contributed by atoms with E-state index in [1.165, 1.54) is 31.7 Å². The van der Waals surface area contributed by atoms with Crippen LogP contribution in [0.2, 0.25) is 0 Å². The van der Waals surface area contributed by atoms with Gasteiger partial charge >= 0.3 is 0 Å². The second kappa shape index (κ2) is 5.10. The van der Waals surface area contributed by atoms with Crippen LogP contribution in [0, 0.1) is 18.8 Å². The highest BCUT2D eigenvalue weighted by molar-refractivity contribution is 7.89. The van der Waals surface area contributed by atoms with Crippen molar-refractivity contribution in [3.63, 3.8) is 0 Å². The van der Waals surface area contributed by atoms with E-state index >= 15 is 0 Å². The van der Waals surface area contributed by atoms with Gasteiger partial charge in [-0.2, -0.15) is 0 Å². The van der Waals surface area contributed by atoms with Crippen molar-refractivity contribution >= 4 is 15.9 Å². The van der Waals surface area contributed by atoms with E-state index in [0.29, 0.717) is 23.0 Å². The monoisotopic (exact) mass is 308 g/mol. The van der Waals surface area contributed by atoms with Crippen molar-refractivity contribution in [3.8, 4) is 0 Å². The first-order valence-electron chi connectivity index (χ1n) is 7.30. The average Bonchev–Trinajstić information content (AvgIpc) is 3.27. The van der Waals surface area contributed by atoms with Crippen LogP contribution in [-0.2, 0) is 10.0 Å². The smallest absolute Gasteiger partial charge is 0.251 e. The van der Waals surface area contributed by atoms with Gasteiger partial charge < -0.3 is 5.32 Å². The molecule has 3 rings (SSSR count). The molecule has 0 bridgehead atoms. The molecule has 2 aliphatic carbocycles. The zero-order valence-electron chi connectivity index (χ0n) is 12.0. The van der Waals surface area contributed by atoms with Crippen molar-refractivity contribution in [2.24, 2.45) is 17.0 Å². The van der Waals surface area contributed by atoms with Crippen LogP contribution < -0.4 is 10.5 Å². The highest BCUT2D eigenvalue weighted by Gasteiger charge is 2.42. The van der Waals surface area contributed by atoms with Crippen molar-refractivity contribution in [2.75, 3.05) is 0 Å². The van der Waals surface area contributed by atoms with E-state index in [1.807, 2.05) is 0 Å². The summed E-state index contributed by atoms with van der Waals surface area (Å²) in [5.41, 5.74) is 0.908. The first kappa shape index (κ1) is 14.5. The maximum Gasteiger partial charge on any atom is 0.251 e. The molecule has 0 spiro atoms. The summed E-state index contributed by atoms with van der Waals surface area (Å²) in [5, 5.41) is 8.27. The van der Waals surface area contributed by atoms with Crippen LogP contribution in [0.1, 0.15) is 41.6 Å². The van der Waals surface area contributed by atoms with Gasteiger partial charge in [-0.1, -0.05) is 6.07 Å². The van der Waals surface area contributed by atoms with Gasteiger partial charge in [0, 0.05) is 11.6 Å². The Hall–Kier alpha value is -1.40. The molecule has 0 aromatic heterocycles. The Labute approximate surface area is 125 Å². The zero-order valence-corrected chi connectivity index (χ0v) is 12.8. The maximum absolute atomic E-state index is 12.4. The lowest BCUT2D eigenvalue weighted by Crippen LogP contribution is -2.38. The number of carbonyl (C=O) groups is 1. The van der Waals surface area contributed by atoms with E-state index in [0.717, 1.165) is 0 Å². The predicted octanol–water partition coefficient (Wildman–Crippen LogP) is 1.56. The van der Waals surface area contributed by atoms with Gasteiger partial charge in [0.1, 0.15) is 0 Å². The van der Waals surface area contributed by atoms with Crippen LogP contribution in [-0.4, -0.2) is 20.4 Å². The molecule has 0 aliphatic heterocycles. The summed E-state index contributed by atoms with van der Waals surface area (Å²) < 4.78 is 23.1. The number of rotatable bonds is 5. The van der Waals surface area contributed by atoms with E-state index < -0.39 is 10.0 Å². The predicted molar refractivity (Wildman–Crippen MR) is 79.3 cm³/mol. The molecular weight excluding hydrogens is 288 g/mol. The Kier molecular flexibility index (Phi) is 3.53. The minimum absolute atomic E-state index is 0.0181.